The van der Waals surface area contributed by atoms with Gasteiger partial charge in [0.2, 0.25) is 0 Å². The van der Waals surface area contributed by atoms with Crippen molar-refractivity contribution in [3.05, 3.63) is 30.5 Å². The van der Waals surface area contributed by atoms with E-state index in [-0.39, 0.29) is 0 Å². The number of likely N-dealkylation sites (N-methyl/N-ethyl adjacent to an activating group) is 1. The van der Waals surface area contributed by atoms with Crippen molar-refractivity contribution in [1.29, 1.82) is 0 Å². The summed E-state index contributed by atoms with van der Waals surface area (Å²) >= 11 is 0. The Balaban J connectivity index is 2.01. The third-order valence-electron chi connectivity index (χ3n) is 3.74. The molecule has 90 valence electrons. The first-order valence-corrected chi connectivity index (χ1v) is 6.28. The molecule has 17 heavy (non-hydrogen) atoms. The van der Waals surface area contributed by atoms with E-state index in [9.17, 15) is 0 Å². The first kappa shape index (κ1) is 10.7. The van der Waals surface area contributed by atoms with Gasteiger partial charge in [0.15, 0.2) is 0 Å². The van der Waals surface area contributed by atoms with Crippen molar-refractivity contribution in [1.82, 2.24) is 9.47 Å². The zero-order valence-corrected chi connectivity index (χ0v) is 10.3. The minimum atomic E-state index is 0.591. The summed E-state index contributed by atoms with van der Waals surface area (Å²) < 4.78 is 2.39. The van der Waals surface area contributed by atoms with Crippen molar-refractivity contribution in [2.75, 3.05) is 25.9 Å². The van der Waals surface area contributed by atoms with Crippen LogP contribution in [-0.2, 0) is 0 Å². The fourth-order valence-corrected chi connectivity index (χ4v) is 2.85. The van der Waals surface area contributed by atoms with Gasteiger partial charge in [-0.2, -0.15) is 0 Å². The molecule has 0 amide bonds. The van der Waals surface area contributed by atoms with Crippen LogP contribution < -0.4 is 5.73 Å². The molecule has 1 aliphatic heterocycles. The molecule has 3 nitrogen and oxygen atoms in total. The number of hydrogen-bond donors (Lipinski definition) is 1. The number of nitrogen functional groups attached to an aromatic ring is 1. The molecule has 1 saturated heterocycles. The molecule has 1 aromatic heterocycles. The Morgan fingerprint density at radius 2 is 2.18 bits per heavy atom. The van der Waals surface area contributed by atoms with E-state index < -0.39 is 0 Å². The number of fused-ring (bicyclic) bond motifs is 1. The number of piperidine rings is 1. The first-order chi connectivity index (χ1) is 8.24. The summed E-state index contributed by atoms with van der Waals surface area (Å²) in [5, 5.41) is 1.28. The average molecular weight is 229 g/mol. The molecule has 1 fully saturated rings. The Kier molecular flexibility index (Phi) is 2.56. The molecule has 0 bridgehead atoms. The molecule has 2 N–H and O–H groups in total. The van der Waals surface area contributed by atoms with Gasteiger partial charge in [0.05, 0.1) is 5.52 Å². The number of nitrogens with zero attached hydrogens (tertiary/aromatic N) is 2. The van der Waals surface area contributed by atoms with Gasteiger partial charge in [-0.05, 0) is 50.0 Å². The highest BCUT2D eigenvalue weighted by Crippen LogP contribution is 2.27. The minimum absolute atomic E-state index is 0.591. The molecule has 2 heterocycles. The summed E-state index contributed by atoms with van der Waals surface area (Å²) in [6.45, 7) is 2.36. The van der Waals surface area contributed by atoms with Gasteiger partial charge in [0.1, 0.15) is 0 Å². The molecule has 0 spiro atoms. The summed E-state index contributed by atoms with van der Waals surface area (Å²) in [4.78, 5) is 2.41. The van der Waals surface area contributed by atoms with Crippen LogP contribution in [0, 0.1) is 0 Å². The van der Waals surface area contributed by atoms with Gasteiger partial charge >= 0.3 is 0 Å². The highest BCUT2D eigenvalue weighted by molar-refractivity contribution is 5.83. The molecule has 0 radical (unpaired) electrons. The van der Waals surface area contributed by atoms with E-state index in [1.54, 1.807) is 0 Å². The number of anilines is 1. The van der Waals surface area contributed by atoms with Crippen LogP contribution in [-0.4, -0.2) is 29.6 Å². The van der Waals surface area contributed by atoms with E-state index in [0.717, 1.165) is 12.2 Å². The molecule has 3 rings (SSSR count). The highest BCUT2D eigenvalue weighted by atomic mass is 15.2. The average Bonchev–Trinajstić information content (AvgIpc) is 2.71. The molecule has 1 aliphatic rings. The fourth-order valence-electron chi connectivity index (χ4n) is 2.85. The van der Waals surface area contributed by atoms with Crippen LogP contribution in [0.25, 0.3) is 10.9 Å². The SMILES string of the molecule is CN1CCCC(n2ccc3ccc(N)cc32)C1. The first-order valence-electron chi connectivity index (χ1n) is 6.28. The van der Waals surface area contributed by atoms with E-state index in [0.29, 0.717) is 6.04 Å². The number of likely N-dealkylation sites (tertiary alicyclic amines) is 1. The van der Waals surface area contributed by atoms with Gasteiger partial charge in [-0.15, -0.1) is 0 Å². The van der Waals surface area contributed by atoms with E-state index in [4.69, 9.17) is 5.73 Å². The third-order valence-corrected chi connectivity index (χ3v) is 3.74. The maximum Gasteiger partial charge on any atom is 0.0503 e. The minimum Gasteiger partial charge on any atom is -0.399 e. The molecular formula is C14H19N3. The summed E-state index contributed by atoms with van der Waals surface area (Å²) in [6, 6.07) is 8.94. The predicted molar refractivity (Wildman–Crippen MR) is 72.1 cm³/mol. The molecule has 1 unspecified atom stereocenters. The van der Waals surface area contributed by atoms with Gasteiger partial charge in [-0.25, -0.2) is 0 Å². The second kappa shape index (κ2) is 4.08. The van der Waals surface area contributed by atoms with Crippen LogP contribution in [0.4, 0.5) is 5.69 Å². The van der Waals surface area contributed by atoms with Crippen molar-refractivity contribution in [3.63, 3.8) is 0 Å². The lowest BCUT2D eigenvalue weighted by molar-refractivity contribution is 0.215. The Labute approximate surface area is 102 Å². The number of aromatic nitrogens is 1. The highest BCUT2D eigenvalue weighted by Gasteiger charge is 2.19. The van der Waals surface area contributed by atoms with Crippen LogP contribution in [0.15, 0.2) is 30.5 Å². The number of rotatable bonds is 1. The Morgan fingerprint density at radius 3 is 3.00 bits per heavy atom. The largest absolute Gasteiger partial charge is 0.399 e. The van der Waals surface area contributed by atoms with Crippen LogP contribution >= 0.6 is 0 Å². The van der Waals surface area contributed by atoms with Gasteiger partial charge in [-0.3, -0.25) is 0 Å². The lowest BCUT2D eigenvalue weighted by Gasteiger charge is -2.31. The number of nitrogens with two attached hydrogens (primary N) is 1. The second-order valence-corrected chi connectivity index (χ2v) is 5.10. The zero-order chi connectivity index (χ0) is 11.8. The third kappa shape index (κ3) is 1.91. The van der Waals surface area contributed by atoms with Crippen LogP contribution in [0.5, 0.6) is 0 Å². The molecule has 2 aromatic rings. The summed E-state index contributed by atoms with van der Waals surface area (Å²) in [5.74, 6) is 0. The quantitative estimate of drug-likeness (QED) is 0.762. The summed E-state index contributed by atoms with van der Waals surface area (Å²) in [7, 11) is 2.20. The van der Waals surface area contributed by atoms with Crippen LogP contribution in [0.3, 0.4) is 0 Å². The lowest BCUT2D eigenvalue weighted by Crippen LogP contribution is -2.33. The molecule has 1 atom stereocenters. The topological polar surface area (TPSA) is 34.2 Å². The lowest BCUT2D eigenvalue weighted by atomic mass is 10.1. The van der Waals surface area contributed by atoms with Gasteiger partial charge < -0.3 is 15.2 Å². The Hall–Kier alpha value is -1.48. The fraction of sp³-hybridized carbons (Fsp3) is 0.429. The molecule has 3 heteroatoms. The second-order valence-electron chi connectivity index (χ2n) is 5.10. The van der Waals surface area contributed by atoms with Crippen molar-refractivity contribution in [2.45, 2.75) is 18.9 Å². The maximum atomic E-state index is 5.89. The summed E-state index contributed by atoms with van der Waals surface area (Å²) in [6.07, 6.45) is 4.75. The van der Waals surface area contributed by atoms with Crippen LogP contribution in [0.2, 0.25) is 0 Å². The van der Waals surface area contributed by atoms with Gasteiger partial charge in [-0.1, -0.05) is 6.07 Å². The Morgan fingerprint density at radius 1 is 1.29 bits per heavy atom. The van der Waals surface area contributed by atoms with Gasteiger partial charge in [0.25, 0.3) is 0 Å². The number of hydrogen-bond acceptors (Lipinski definition) is 2. The summed E-state index contributed by atoms with van der Waals surface area (Å²) in [5.41, 5.74) is 8.00. The maximum absolute atomic E-state index is 5.89. The smallest absolute Gasteiger partial charge is 0.0503 e. The number of benzene rings is 1. The van der Waals surface area contributed by atoms with Crippen molar-refractivity contribution >= 4 is 16.6 Å². The van der Waals surface area contributed by atoms with Crippen molar-refractivity contribution < 1.29 is 0 Å². The Bertz CT molecular complexity index is 529. The van der Waals surface area contributed by atoms with Crippen LogP contribution in [0.1, 0.15) is 18.9 Å². The molecule has 0 saturated carbocycles. The standard InChI is InChI=1S/C14H19N3/c1-16-7-2-3-13(10-16)17-8-6-11-4-5-12(15)9-14(11)17/h4-6,8-9,13H,2-3,7,10,15H2,1H3. The molecule has 1 aromatic carbocycles. The molecule has 0 aliphatic carbocycles. The van der Waals surface area contributed by atoms with E-state index in [2.05, 4.69) is 40.9 Å². The van der Waals surface area contributed by atoms with E-state index >= 15 is 0 Å². The monoisotopic (exact) mass is 229 g/mol. The predicted octanol–water partition coefficient (Wildman–Crippen LogP) is 2.49. The van der Waals surface area contributed by atoms with Crippen molar-refractivity contribution in [3.8, 4) is 0 Å². The zero-order valence-electron chi connectivity index (χ0n) is 10.3. The van der Waals surface area contributed by atoms with E-state index in [1.165, 1.54) is 30.3 Å². The van der Waals surface area contributed by atoms with E-state index in [1.807, 2.05) is 6.07 Å². The van der Waals surface area contributed by atoms with Crippen molar-refractivity contribution in [2.24, 2.45) is 0 Å². The molecular weight excluding hydrogens is 210 g/mol. The normalized spacial score (nSPS) is 22.1. The van der Waals surface area contributed by atoms with Gasteiger partial charge in [0, 0.05) is 24.5 Å².